The van der Waals surface area contributed by atoms with Gasteiger partial charge in [-0.05, 0) is 70.9 Å². The SMILES string of the molecule is CC(C)(C)OC(=O)Nc1cccn([C@@H](CC2CCCCC2)C(=O)N[C@@H](C[C@@H]2CCNC2=O)C(=O)C(=O)NC2CC2)c1=O. The molecule has 1 aromatic rings. The van der Waals surface area contributed by atoms with Crippen molar-refractivity contribution in [2.75, 3.05) is 11.9 Å². The highest BCUT2D eigenvalue weighted by Gasteiger charge is 2.38. The third-order valence-corrected chi connectivity index (χ3v) is 7.98. The molecule has 0 spiro atoms. The number of amides is 4. The summed E-state index contributed by atoms with van der Waals surface area (Å²) in [7, 11) is 0. The predicted octanol–water partition coefficient (Wildman–Crippen LogP) is 2.57. The first-order valence-electron chi connectivity index (χ1n) is 15.0. The number of carbonyl (C=O) groups excluding carboxylic acids is 5. The Morgan fingerprint density at radius 2 is 1.74 bits per heavy atom. The van der Waals surface area contributed by atoms with Crippen LogP contribution in [0.15, 0.2) is 23.1 Å². The van der Waals surface area contributed by atoms with E-state index >= 15 is 0 Å². The molecule has 3 fully saturated rings. The van der Waals surface area contributed by atoms with Crippen molar-refractivity contribution in [3.63, 3.8) is 0 Å². The van der Waals surface area contributed by atoms with E-state index in [9.17, 15) is 28.8 Å². The number of nitrogens with zero attached hydrogens (tertiary/aromatic N) is 1. The standard InChI is InChI=1S/C30H43N5O7/c1-30(2,3)42-29(41)34-21-10-7-15-35(28(21)40)23(16-18-8-5-4-6-9-18)26(38)33-22(17-19-13-14-31-25(19)37)24(36)27(39)32-20-11-12-20/h7,10,15,18-20,22-23H,4-6,8-9,11-14,16-17H2,1-3H3,(H,31,37)(H,32,39)(H,33,38)(H,34,41)/t19-,22-,23-/m0/s1. The van der Waals surface area contributed by atoms with Crippen molar-refractivity contribution < 1.29 is 28.7 Å². The number of hydrogen-bond acceptors (Lipinski definition) is 7. The van der Waals surface area contributed by atoms with Crippen LogP contribution in [0.4, 0.5) is 10.5 Å². The summed E-state index contributed by atoms with van der Waals surface area (Å²) < 4.78 is 6.55. The number of Topliss-reactive ketones (excluding diaryl/α,β-unsaturated/α-hetero) is 1. The third-order valence-electron chi connectivity index (χ3n) is 7.98. The third kappa shape index (κ3) is 8.65. The first-order chi connectivity index (χ1) is 19.9. The van der Waals surface area contributed by atoms with Crippen LogP contribution >= 0.6 is 0 Å². The highest BCUT2D eigenvalue weighted by Crippen LogP contribution is 2.31. The summed E-state index contributed by atoms with van der Waals surface area (Å²) in [6.45, 7) is 5.58. The minimum absolute atomic E-state index is 0.0141. The second kappa shape index (κ2) is 13.5. The van der Waals surface area contributed by atoms with Gasteiger partial charge in [-0.2, -0.15) is 0 Å². The monoisotopic (exact) mass is 585 g/mol. The maximum Gasteiger partial charge on any atom is 0.412 e. The van der Waals surface area contributed by atoms with E-state index in [0.29, 0.717) is 19.4 Å². The molecule has 0 unspecified atom stereocenters. The van der Waals surface area contributed by atoms with E-state index < -0.39 is 52.9 Å². The van der Waals surface area contributed by atoms with E-state index in [0.717, 1.165) is 44.9 Å². The van der Waals surface area contributed by atoms with E-state index in [1.807, 2.05) is 0 Å². The maximum atomic E-state index is 14.0. The zero-order chi connectivity index (χ0) is 30.4. The molecule has 3 atom stereocenters. The Hall–Kier alpha value is -3.70. The molecule has 12 heteroatoms. The fraction of sp³-hybridized carbons (Fsp3) is 0.667. The van der Waals surface area contributed by atoms with E-state index in [2.05, 4.69) is 21.3 Å². The van der Waals surface area contributed by atoms with Crippen LogP contribution in [0.2, 0.25) is 0 Å². The summed E-state index contributed by atoms with van der Waals surface area (Å²) in [4.78, 5) is 78.2. The van der Waals surface area contributed by atoms with Crippen LogP contribution in [0.5, 0.6) is 0 Å². The van der Waals surface area contributed by atoms with Gasteiger partial charge in [0.2, 0.25) is 17.6 Å². The van der Waals surface area contributed by atoms with Gasteiger partial charge in [-0.15, -0.1) is 0 Å². The summed E-state index contributed by atoms with van der Waals surface area (Å²) >= 11 is 0. The largest absolute Gasteiger partial charge is 0.444 e. The lowest BCUT2D eigenvalue weighted by Gasteiger charge is -2.29. The molecular formula is C30H43N5O7. The van der Waals surface area contributed by atoms with Crippen molar-refractivity contribution in [3.05, 3.63) is 28.7 Å². The van der Waals surface area contributed by atoms with Crippen molar-refractivity contribution in [3.8, 4) is 0 Å². The first-order valence-corrected chi connectivity index (χ1v) is 15.0. The molecule has 2 aliphatic carbocycles. The molecule has 0 aromatic carbocycles. The number of anilines is 1. The minimum Gasteiger partial charge on any atom is -0.444 e. The molecular weight excluding hydrogens is 542 g/mol. The van der Waals surface area contributed by atoms with Gasteiger partial charge in [-0.25, -0.2) is 4.79 Å². The summed E-state index contributed by atoms with van der Waals surface area (Å²) in [6, 6.07) is 0.721. The lowest BCUT2D eigenvalue weighted by molar-refractivity contribution is -0.141. The van der Waals surface area contributed by atoms with Crippen LogP contribution in [0.3, 0.4) is 0 Å². The van der Waals surface area contributed by atoms with Gasteiger partial charge in [0, 0.05) is 24.7 Å². The Kier molecular flexibility index (Phi) is 10.1. The fourth-order valence-corrected chi connectivity index (χ4v) is 5.65. The molecule has 0 radical (unpaired) electrons. The summed E-state index contributed by atoms with van der Waals surface area (Å²) in [5.74, 6) is -2.75. The predicted molar refractivity (Wildman–Crippen MR) is 155 cm³/mol. The van der Waals surface area contributed by atoms with E-state index in [-0.39, 0.29) is 30.0 Å². The molecule has 42 heavy (non-hydrogen) atoms. The molecule has 12 nitrogen and oxygen atoms in total. The van der Waals surface area contributed by atoms with Crippen LogP contribution in [-0.4, -0.2) is 58.4 Å². The number of aromatic nitrogens is 1. The molecule has 230 valence electrons. The van der Waals surface area contributed by atoms with Crippen LogP contribution < -0.4 is 26.8 Å². The van der Waals surface area contributed by atoms with E-state index in [4.69, 9.17) is 4.74 Å². The van der Waals surface area contributed by atoms with E-state index in [1.54, 1.807) is 26.8 Å². The molecule has 0 bridgehead atoms. The average Bonchev–Trinajstić information content (AvgIpc) is 3.66. The number of ether oxygens (including phenoxy) is 1. The molecule has 2 saturated carbocycles. The Morgan fingerprint density at radius 1 is 1.02 bits per heavy atom. The lowest BCUT2D eigenvalue weighted by Crippen LogP contribution is -2.51. The quantitative estimate of drug-likeness (QED) is 0.290. The number of rotatable bonds is 11. The summed E-state index contributed by atoms with van der Waals surface area (Å²) in [5, 5.41) is 10.6. The molecule has 4 rings (SSSR count). The van der Waals surface area contributed by atoms with Gasteiger partial charge in [0.25, 0.3) is 11.5 Å². The van der Waals surface area contributed by atoms with Gasteiger partial charge in [-0.3, -0.25) is 29.3 Å². The van der Waals surface area contributed by atoms with Gasteiger partial charge in [-0.1, -0.05) is 32.1 Å². The molecule has 2 heterocycles. The van der Waals surface area contributed by atoms with E-state index in [1.165, 1.54) is 16.8 Å². The first kappa shape index (κ1) is 31.2. The Bertz CT molecular complexity index is 1240. The van der Waals surface area contributed by atoms with Gasteiger partial charge in [0.05, 0.1) is 6.04 Å². The molecule has 1 saturated heterocycles. The van der Waals surface area contributed by atoms with Gasteiger partial charge < -0.3 is 25.3 Å². The molecule has 3 aliphatic rings. The highest BCUT2D eigenvalue weighted by atomic mass is 16.6. The normalized spacial score (nSPS) is 20.6. The van der Waals surface area contributed by atoms with Crippen molar-refractivity contribution in [2.45, 2.75) is 109 Å². The van der Waals surface area contributed by atoms with Crippen LogP contribution in [0.1, 0.15) is 91.0 Å². The molecule has 1 aromatic heterocycles. The number of ketones is 1. The average molecular weight is 586 g/mol. The number of nitrogens with one attached hydrogen (secondary N) is 4. The van der Waals surface area contributed by atoms with Crippen molar-refractivity contribution >= 4 is 35.3 Å². The summed E-state index contributed by atoms with van der Waals surface area (Å²) in [6.07, 6.45) is 8.06. The van der Waals surface area contributed by atoms with Crippen molar-refractivity contribution in [1.82, 2.24) is 20.5 Å². The Morgan fingerprint density at radius 3 is 2.36 bits per heavy atom. The van der Waals surface area contributed by atoms with Crippen LogP contribution in [0.25, 0.3) is 0 Å². The Labute approximate surface area is 245 Å². The fourth-order valence-electron chi connectivity index (χ4n) is 5.65. The number of carbonyl (C=O) groups is 5. The zero-order valence-electron chi connectivity index (χ0n) is 24.7. The molecule has 4 amide bonds. The molecule has 4 N–H and O–H groups in total. The van der Waals surface area contributed by atoms with Crippen molar-refractivity contribution in [1.29, 1.82) is 0 Å². The molecule has 1 aliphatic heterocycles. The Balaban J connectivity index is 1.60. The second-order valence-corrected chi connectivity index (χ2v) is 12.7. The van der Waals surface area contributed by atoms with Gasteiger partial charge in [0.15, 0.2) is 0 Å². The van der Waals surface area contributed by atoms with Crippen LogP contribution in [-0.2, 0) is 23.9 Å². The lowest BCUT2D eigenvalue weighted by atomic mass is 9.84. The number of pyridine rings is 1. The highest BCUT2D eigenvalue weighted by molar-refractivity contribution is 6.38. The van der Waals surface area contributed by atoms with Gasteiger partial charge >= 0.3 is 6.09 Å². The smallest absolute Gasteiger partial charge is 0.412 e. The topological polar surface area (TPSA) is 165 Å². The zero-order valence-corrected chi connectivity index (χ0v) is 24.7. The van der Waals surface area contributed by atoms with Crippen LogP contribution in [0, 0.1) is 11.8 Å². The minimum atomic E-state index is -1.22. The number of hydrogen-bond donors (Lipinski definition) is 4. The van der Waals surface area contributed by atoms with Crippen molar-refractivity contribution in [2.24, 2.45) is 11.8 Å². The maximum absolute atomic E-state index is 14.0. The van der Waals surface area contributed by atoms with Gasteiger partial charge in [0.1, 0.15) is 17.3 Å². The second-order valence-electron chi connectivity index (χ2n) is 12.7. The summed E-state index contributed by atoms with van der Waals surface area (Å²) in [5.41, 5.74) is -1.42.